The van der Waals surface area contributed by atoms with Crippen molar-refractivity contribution in [1.29, 1.82) is 0 Å². The number of hydrogen-bond donors (Lipinski definition) is 2. The van der Waals surface area contributed by atoms with Crippen LogP contribution < -0.4 is 10.6 Å². The van der Waals surface area contributed by atoms with Crippen LogP contribution in [0.15, 0.2) is 48.5 Å². The zero-order chi connectivity index (χ0) is 24.7. The molecule has 2 aliphatic heterocycles. The van der Waals surface area contributed by atoms with Gasteiger partial charge in [-0.15, -0.1) is 12.4 Å². The quantitative estimate of drug-likeness (QED) is 0.504. The van der Waals surface area contributed by atoms with E-state index in [4.69, 9.17) is 4.74 Å². The zero-order valence-electron chi connectivity index (χ0n) is 18.7. The van der Waals surface area contributed by atoms with E-state index < -0.39 is 41.7 Å². The van der Waals surface area contributed by atoms with Crippen molar-refractivity contribution < 1.29 is 35.9 Å². The molecule has 2 N–H and O–H groups in total. The molecular formula is C24H25ClF6N2O2. The van der Waals surface area contributed by atoms with Gasteiger partial charge in [-0.25, -0.2) is 0 Å². The molecule has 2 fully saturated rings. The van der Waals surface area contributed by atoms with Crippen LogP contribution in [0.4, 0.5) is 26.3 Å². The highest BCUT2D eigenvalue weighted by molar-refractivity contribution is 5.85. The molecule has 4 atom stereocenters. The highest BCUT2D eigenvalue weighted by Gasteiger charge is 2.54. The van der Waals surface area contributed by atoms with Crippen LogP contribution in [-0.4, -0.2) is 24.1 Å². The van der Waals surface area contributed by atoms with Crippen molar-refractivity contribution in [3.05, 3.63) is 70.8 Å². The average Bonchev–Trinajstić information content (AvgIpc) is 3.05. The standard InChI is InChI=1S/C24H24F6N2O2.ClH/c1-14(33)31-20-12-22(16-5-3-2-4-6-16)21(8-7-19(20)32-22)34-13-15-9-17(23(25,26)27)11-18(10-15)24(28,29)30;/h2-6,9-11,19-21,32H,7-8,12-13H2,1H3,(H,31,33);1H. The summed E-state index contributed by atoms with van der Waals surface area (Å²) in [4.78, 5) is 11.7. The molecule has 0 spiro atoms. The monoisotopic (exact) mass is 522 g/mol. The second-order valence-electron chi connectivity index (χ2n) is 8.89. The first-order chi connectivity index (χ1) is 15.9. The number of fused-ring (bicyclic) bond motifs is 2. The van der Waals surface area contributed by atoms with Gasteiger partial charge in [-0.05, 0) is 48.6 Å². The predicted molar refractivity (Wildman–Crippen MR) is 119 cm³/mol. The van der Waals surface area contributed by atoms with E-state index in [0.29, 0.717) is 31.4 Å². The minimum absolute atomic E-state index is 0. The molecule has 2 aliphatic rings. The summed E-state index contributed by atoms with van der Waals surface area (Å²) in [6, 6.07) is 10.6. The second kappa shape index (κ2) is 9.99. The van der Waals surface area contributed by atoms with Crippen molar-refractivity contribution >= 4 is 18.3 Å². The molecule has 4 nitrogen and oxygen atoms in total. The molecule has 2 heterocycles. The third-order valence-electron chi connectivity index (χ3n) is 6.54. The summed E-state index contributed by atoms with van der Waals surface area (Å²) in [7, 11) is 0. The van der Waals surface area contributed by atoms with Crippen molar-refractivity contribution in [3.8, 4) is 0 Å². The molecule has 2 aromatic rings. The number of hydrogen-bond acceptors (Lipinski definition) is 3. The normalized spacial score (nSPS) is 26.2. The number of carbonyl (C=O) groups excluding carboxylic acids is 1. The summed E-state index contributed by atoms with van der Waals surface area (Å²) in [6.45, 7) is 1.01. The fourth-order valence-corrected chi connectivity index (χ4v) is 5.11. The molecule has 4 unspecified atom stereocenters. The van der Waals surface area contributed by atoms with Crippen LogP contribution in [0.3, 0.4) is 0 Å². The van der Waals surface area contributed by atoms with Gasteiger partial charge in [0.15, 0.2) is 0 Å². The molecule has 0 aromatic heterocycles. The molecule has 2 saturated heterocycles. The SMILES string of the molecule is CC(=O)NC1CC2(c3ccccc3)NC1CCC2OCc1cc(C(F)(F)F)cc(C(F)(F)F)c1.Cl. The molecule has 2 aromatic carbocycles. The number of nitrogens with one attached hydrogen (secondary N) is 2. The number of carbonyl (C=O) groups is 1. The van der Waals surface area contributed by atoms with Gasteiger partial charge in [-0.1, -0.05) is 30.3 Å². The summed E-state index contributed by atoms with van der Waals surface area (Å²) in [5.41, 5.74) is -2.79. The Morgan fingerprint density at radius 2 is 1.63 bits per heavy atom. The van der Waals surface area contributed by atoms with E-state index in [-0.39, 0.29) is 42.0 Å². The molecule has 4 rings (SSSR count). The van der Waals surface area contributed by atoms with Gasteiger partial charge in [0.1, 0.15) is 0 Å². The Morgan fingerprint density at radius 1 is 1.03 bits per heavy atom. The van der Waals surface area contributed by atoms with Crippen molar-refractivity contribution in [2.24, 2.45) is 0 Å². The van der Waals surface area contributed by atoms with E-state index in [0.717, 1.165) is 5.56 Å². The largest absolute Gasteiger partial charge is 0.416 e. The van der Waals surface area contributed by atoms with Crippen molar-refractivity contribution in [1.82, 2.24) is 10.6 Å². The fourth-order valence-electron chi connectivity index (χ4n) is 5.11. The predicted octanol–water partition coefficient (Wildman–Crippen LogP) is 5.59. The lowest BCUT2D eigenvalue weighted by atomic mass is 9.80. The number of benzene rings is 2. The Morgan fingerprint density at radius 3 is 2.17 bits per heavy atom. The van der Waals surface area contributed by atoms with Crippen molar-refractivity contribution in [2.75, 3.05) is 0 Å². The van der Waals surface area contributed by atoms with E-state index in [1.165, 1.54) is 6.92 Å². The molecule has 35 heavy (non-hydrogen) atoms. The Labute approximate surface area is 204 Å². The maximum Gasteiger partial charge on any atom is 0.416 e. The average molecular weight is 523 g/mol. The number of halogens is 7. The van der Waals surface area contributed by atoms with Crippen LogP contribution in [0.2, 0.25) is 0 Å². The number of rotatable bonds is 5. The van der Waals surface area contributed by atoms with Crippen molar-refractivity contribution in [3.63, 3.8) is 0 Å². The van der Waals surface area contributed by atoms with Gasteiger partial charge in [0.25, 0.3) is 0 Å². The fraction of sp³-hybridized carbons (Fsp3) is 0.458. The van der Waals surface area contributed by atoms with Crippen LogP contribution in [0.1, 0.15) is 48.4 Å². The Hall–Kier alpha value is -2.30. The third kappa shape index (κ3) is 5.76. The number of piperidine rings is 1. The first-order valence-corrected chi connectivity index (χ1v) is 10.9. The van der Waals surface area contributed by atoms with Crippen LogP contribution in [0.25, 0.3) is 0 Å². The number of amides is 1. The third-order valence-corrected chi connectivity index (χ3v) is 6.54. The molecule has 0 radical (unpaired) electrons. The van der Waals surface area contributed by atoms with Crippen molar-refractivity contribution in [2.45, 2.75) is 68.9 Å². The lowest BCUT2D eigenvalue weighted by Gasteiger charge is -2.42. The lowest BCUT2D eigenvalue weighted by molar-refractivity contribution is -0.143. The van der Waals surface area contributed by atoms with Gasteiger partial charge in [-0.3, -0.25) is 4.79 Å². The molecule has 0 aliphatic carbocycles. The molecule has 1 amide bonds. The van der Waals surface area contributed by atoms with Gasteiger partial charge in [0.05, 0.1) is 29.4 Å². The number of alkyl halides is 6. The van der Waals surface area contributed by atoms with E-state index in [9.17, 15) is 31.1 Å². The lowest BCUT2D eigenvalue weighted by Crippen LogP contribution is -2.55. The van der Waals surface area contributed by atoms with Crippen LogP contribution >= 0.6 is 12.4 Å². The Kier molecular flexibility index (Phi) is 7.79. The molecule has 11 heteroatoms. The Balaban J connectivity index is 0.00000342. The minimum Gasteiger partial charge on any atom is -0.371 e. The maximum atomic E-state index is 13.2. The van der Waals surface area contributed by atoms with Crippen LogP contribution in [0.5, 0.6) is 0 Å². The van der Waals surface area contributed by atoms with Gasteiger partial charge in [-0.2, -0.15) is 26.3 Å². The molecule has 2 bridgehead atoms. The van der Waals surface area contributed by atoms with Gasteiger partial charge < -0.3 is 15.4 Å². The van der Waals surface area contributed by atoms with E-state index in [1.807, 2.05) is 30.3 Å². The highest BCUT2D eigenvalue weighted by atomic mass is 35.5. The van der Waals surface area contributed by atoms with E-state index in [1.54, 1.807) is 0 Å². The van der Waals surface area contributed by atoms with Crippen LogP contribution in [0, 0.1) is 0 Å². The van der Waals surface area contributed by atoms with Gasteiger partial charge >= 0.3 is 12.4 Å². The minimum atomic E-state index is -4.92. The zero-order valence-corrected chi connectivity index (χ0v) is 19.5. The van der Waals surface area contributed by atoms with Gasteiger partial charge in [0.2, 0.25) is 5.91 Å². The highest BCUT2D eigenvalue weighted by Crippen LogP contribution is 2.45. The summed E-state index contributed by atoms with van der Waals surface area (Å²) in [5.74, 6) is -0.177. The molecular weight excluding hydrogens is 498 g/mol. The number of ether oxygens (including phenoxy) is 1. The first kappa shape index (κ1) is 27.3. The van der Waals surface area contributed by atoms with E-state index >= 15 is 0 Å². The maximum absolute atomic E-state index is 13.2. The summed E-state index contributed by atoms with van der Waals surface area (Å²) in [6.07, 6.45) is -8.69. The smallest absolute Gasteiger partial charge is 0.371 e. The summed E-state index contributed by atoms with van der Waals surface area (Å²) in [5, 5.41) is 6.48. The molecule has 0 saturated carbocycles. The summed E-state index contributed by atoms with van der Waals surface area (Å²) >= 11 is 0. The molecule has 192 valence electrons. The van der Waals surface area contributed by atoms with Gasteiger partial charge in [0, 0.05) is 19.0 Å². The second-order valence-corrected chi connectivity index (χ2v) is 8.89. The Bertz CT molecular complexity index is 1010. The van der Waals surface area contributed by atoms with Crippen LogP contribution in [-0.2, 0) is 34.0 Å². The summed E-state index contributed by atoms with van der Waals surface area (Å²) < 4.78 is 85.4. The topological polar surface area (TPSA) is 50.4 Å². The van der Waals surface area contributed by atoms with E-state index in [2.05, 4.69) is 10.6 Å². The first-order valence-electron chi connectivity index (χ1n) is 10.9.